The van der Waals surface area contributed by atoms with Crippen LogP contribution in [0.5, 0.6) is 5.75 Å². The van der Waals surface area contributed by atoms with E-state index in [1.165, 1.54) is 5.56 Å². The maximum atomic E-state index is 6.32. The van der Waals surface area contributed by atoms with E-state index in [-0.39, 0.29) is 17.3 Å². The van der Waals surface area contributed by atoms with E-state index in [2.05, 4.69) is 65.1 Å². The van der Waals surface area contributed by atoms with Crippen LogP contribution in [0, 0.1) is 0 Å². The van der Waals surface area contributed by atoms with Crippen LogP contribution in [0.25, 0.3) is 0 Å². The number of para-hydroxylation sites is 1. The molecule has 1 aliphatic rings. The summed E-state index contributed by atoms with van der Waals surface area (Å²) in [5.41, 5.74) is 0.813. The van der Waals surface area contributed by atoms with Crippen molar-refractivity contribution in [2.24, 2.45) is 0 Å². The molecule has 0 aromatic heterocycles. The minimum Gasteiger partial charge on any atom is -0.487 e. The monoisotopic (exact) mass is 291 g/mol. The zero-order chi connectivity index (χ0) is 15.7. The Morgan fingerprint density at radius 3 is 2.48 bits per heavy atom. The third kappa shape index (κ3) is 4.21. The molecule has 0 bridgehead atoms. The fraction of sp³-hybridized carbons (Fsp3) is 0.667. The topological polar surface area (TPSA) is 30.5 Å². The van der Waals surface area contributed by atoms with Gasteiger partial charge in [0.05, 0.1) is 5.60 Å². The van der Waals surface area contributed by atoms with Gasteiger partial charge in [0.15, 0.2) is 0 Å². The summed E-state index contributed by atoms with van der Waals surface area (Å²) >= 11 is 0. The minimum atomic E-state index is -0.262. The van der Waals surface area contributed by atoms with Crippen molar-refractivity contribution >= 4 is 0 Å². The Morgan fingerprint density at radius 1 is 1.24 bits per heavy atom. The van der Waals surface area contributed by atoms with Gasteiger partial charge < -0.3 is 14.8 Å². The van der Waals surface area contributed by atoms with Gasteiger partial charge in [-0.3, -0.25) is 0 Å². The summed E-state index contributed by atoms with van der Waals surface area (Å²) in [5, 5.41) is 3.45. The molecule has 21 heavy (non-hydrogen) atoms. The molecule has 1 heterocycles. The van der Waals surface area contributed by atoms with Crippen LogP contribution in [-0.4, -0.2) is 23.3 Å². The molecular formula is C18H29NO2. The van der Waals surface area contributed by atoms with Crippen LogP contribution in [-0.2, 0) is 11.3 Å². The Bertz CT molecular complexity index is 480. The van der Waals surface area contributed by atoms with Crippen LogP contribution in [0.3, 0.4) is 0 Å². The van der Waals surface area contributed by atoms with Gasteiger partial charge >= 0.3 is 0 Å². The lowest BCUT2D eigenvalue weighted by Gasteiger charge is -2.28. The van der Waals surface area contributed by atoms with Crippen molar-refractivity contribution < 1.29 is 9.47 Å². The molecule has 0 amide bonds. The summed E-state index contributed by atoms with van der Waals surface area (Å²) in [6, 6.07) is 8.73. The molecule has 1 fully saturated rings. The SMILES string of the molecule is CC(C)NCc1ccccc1OC1CC(C)(C)OC1(C)C. The highest BCUT2D eigenvalue weighted by atomic mass is 16.6. The minimum absolute atomic E-state index is 0.0766. The lowest BCUT2D eigenvalue weighted by atomic mass is 9.97. The standard InChI is InChI=1S/C18H29NO2/c1-13(2)19-12-14-9-7-8-10-15(14)20-16-11-17(3,4)21-18(16,5)6/h7-10,13,16,19H,11-12H2,1-6H3. The number of nitrogens with one attached hydrogen (secondary N) is 1. The maximum Gasteiger partial charge on any atom is 0.130 e. The van der Waals surface area contributed by atoms with Crippen LogP contribution in [0.4, 0.5) is 0 Å². The van der Waals surface area contributed by atoms with Gasteiger partial charge in [-0.05, 0) is 33.8 Å². The van der Waals surface area contributed by atoms with Crippen molar-refractivity contribution in [1.82, 2.24) is 5.32 Å². The molecule has 1 saturated heterocycles. The number of ether oxygens (including phenoxy) is 2. The van der Waals surface area contributed by atoms with Gasteiger partial charge in [0.25, 0.3) is 0 Å². The highest BCUT2D eigenvalue weighted by molar-refractivity contribution is 5.33. The first-order chi connectivity index (χ1) is 9.70. The highest BCUT2D eigenvalue weighted by Crippen LogP contribution is 2.40. The predicted octanol–water partition coefficient (Wildman–Crippen LogP) is 3.91. The van der Waals surface area contributed by atoms with E-state index in [0.29, 0.717) is 6.04 Å². The first-order valence-electron chi connectivity index (χ1n) is 7.88. The number of benzene rings is 1. The van der Waals surface area contributed by atoms with E-state index in [4.69, 9.17) is 9.47 Å². The number of rotatable bonds is 5. The number of hydrogen-bond donors (Lipinski definition) is 1. The molecule has 1 aromatic carbocycles. The average Bonchev–Trinajstić information content (AvgIpc) is 2.56. The normalized spacial score (nSPS) is 23.5. The fourth-order valence-corrected chi connectivity index (χ4v) is 2.93. The molecule has 1 unspecified atom stereocenters. The van der Waals surface area contributed by atoms with E-state index in [1.54, 1.807) is 0 Å². The summed E-state index contributed by atoms with van der Waals surface area (Å²) in [7, 11) is 0. The summed E-state index contributed by atoms with van der Waals surface area (Å²) in [6.07, 6.45) is 0.985. The van der Waals surface area contributed by atoms with Crippen LogP contribution in [0.1, 0.15) is 53.5 Å². The van der Waals surface area contributed by atoms with Gasteiger partial charge in [-0.2, -0.15) is 0 Å². The third-order valence-electron chi connectivity index (χ3n) is 3.93. The third-order valence-corrected chi connectivity index (χ3v) is 3.93. The summed E-state index contributed by atoms with van der Waals surface area (Å²) in [6.45, 7) is 13.6. The van der Waals surface area contributed by atoms with Gasteiger partial charge in [0.2, 0.25) is 0 Å². The molecule has 1 aliphatic heterocycles. The van der Waals surface area contributed by atoms with E-state index in [0.717, 1.165) is 18.7 Å². The molecule has 1 atom stereocenters. The zero-order valence-corrected chi connectivity index (χ0v) is 14.2. The van der Waals surface area contributed by atoms with Gasteiger partial charge in [-0.15, -0.1) is 0 Å². The lowest BCUT2D eigenvalue weighted by Crippen LogP contribution is -2.37. The second-order valence-electron chi connectivity index (χ2n) is 7.42. The zero-order valence-electron chi connectivity index (χ0n) is 14.2. The van der Waals surface area contributed by atoms with Gasteiger partial charge in [-0.1, -0.05) is 32.0 Å². The molecule has 0 spiro atoms. The van der Waals surface area contributed by atoms with Crippen LogP contribution < -0.4 is 10.1 Å². The predicted molar refractivity (Wildman–Crippen MR) is 86.7 cm³/mol. The molecule has 2 rings (SSSR count). The molecule has 118 valence electrons. The fourth-order valence-electron chi connectivity index (χ4n) is 2.93. The Morgan fingerprint density at radius 2 is 1.90 bits per heavy atom. The summed E-state index contributed by atoms with van der Waals surface area (Å²) in [4.78, 5) is 0. The van der Waals surface area contributed by atoms with Crippen molar-refractivity contribution in [3.8, 4) is 5.75 Å². The largest absolute Gasteiger partial charge is 0.487 e. The molecule has 0 radical (unpaired) electrons. The molecule has 3 nitrogen and oxygen atoms in total. The maximum absolute atomic E-state index is 6.32. The van der Waals surface area contributed by atoms with Crippen molar-refractivity contribution in [3.05, 3.63) is 29.8 Å². The van der Waals surface area contributed by atoms with Gasteiger partial charge in [0.1, 0.15) is 17.5 Å². The van der Waals surface area contributed by atoms with E-state index < -0.39 is 0 Å². The van der Waals surface area contributed by atoms with Crippen LogP contribution in [0.15, 0.2) is 24.3 Å². The summed E-state index contributed by atoms with van der Waals surface area (Å²) in [5.74, 6) is 0.963. The Labute approximate surface area is 129 Å². The van der Waals surface area contributed by atoms with E-state index >= 15 is 0 Å². The Balaban J connectivity index is 2.12. The Hall–Kier alpha value is -1.06. The van der Waals surface area contributed by atoms with Gasteiger partial charge in [-0.25, -0.2) is 0 Å². The average molecular weight is 291 g/mol. The van der Waals surface area contributed by atoms with Crippen molar-refractivity contribution in [1.29, 1.82) is 0 Å². The second-order valence-corrected chi connectivity index (χ2v) is 7.42. The molecule has 3 heteroatoms. The number of hydrogen-bond acceptors (Lipinski definition) is 3. The first-order valence-corrected chi connectivity index (χ1v) is 7.88. The second kappa shape index (κ2) is 5.98. The van der Waals surface area contributed by atoms with Gasteiger partial charge in [0, 0.05) is 24.6 Å². The lowest BCUT2D eigenvalue weighted by molar-refractivity contribution is -0.0846. The van der Waals surface area contributed by atoms with Crippen molar-refractivity contribution in [3.63, 3.8) is 0 Å². The quantitative estimate of drug-likeness (QED) is 0.892. The van der Waals surface area contributed by atoms with Crippen LogP contribution in [0.2, 0.25) is 0 Å². The Kier molecular flexibility index (Phi) is 4.64. The van der Waals surface area contributed by atoms with Crippen molar-refractivity contribution in [2.45, 2.75) is 77.9 Å². The summed E-state index contributed by atoms with van der Waals surface area (Å²) < 4.78 is 12.4. The van der Waals surface area contributed by atoms with Crippen LogP contribution >= 0.6 is 0 Å². The molecule has 0 saturated carbocycles. The highest BCUT2D eigenvalue weighted by Gasteiger charge is 2.47. The smallest absolute Gasteiger partial charge is 0.130 e. The first kappa shape index (κ1) is 16.3. The van der Waals surface area contributed by atoms with Crippen molar-refractivity contribution in [2.75, 3.05) is 0 Å². The molecule has 1 N–H and O–H groups in total. The molecular weight excluding hydrogens is 262 g/mol. The molecule has 1 aromatic rings. The van der Waals surface area contributed by atoms with E-state index in [1.807, 2.05) is 6.07 Å². The van der Waals surface area contributed by atoms with E-state index in [9.17, 15) is 0 Å². The molecule has 0 aliphatic carbocycles.